The molecule has 1 aromatic carbocycles. The molecule has 0 aromatic heterocycles. The molecule has 2 rings (SSSR count). The van der Waals surface area contributed by atoms with Gasteiger partial charge >= 0.3 is 12.0 Å². The number of urea groups is 1. The van der Waals surface area contributed by atoms with Gasteiger partial charge in [0.05, 0.1) is 10.6 Å². The van der Waals surface area contributed by atoms with E-state index >= 15 is 0 Å². The van der Waals surface area contributed by atoms with Gasteiger partial charge in [0.1, 0.15) is 4.90 Å². The molecule has 154 valence electrons. The molecule has 11 heteroatoms. The van der Waals surface area contributed by atoms with Gasteiger partial charge in [0.15, 0.2) is 6.10 Å². The molecule has 1 aliphatic heterocycles. The molecule has 0 aliphatic carbocycles. The van der Waals surface area contributed by atoms with Crippen molar-refractivity contribution in [3.05, 3.63) is 28.8 Å². The molecule has 0 bridgehead atoms. The molecular weight excluding hydrogens is 410 g/mol. The van der Waals surface area contributed by atoms with Crippen LogP contribution in [0.5, 0.6) is 0 Å². The van der Waals surface area contributed by atoms with E-state index < -0.39 is 34.0 Å². The number of hydrogen-bond donors (Lipinski definition) is 2. The third kappa shape index (κ3) is 5.21. The van der Waals surface area contributed by atoms with Crippen LogP contribution in [0.25, 0.3) is 0 Å². The Hall–Kier alpha value is -2.17. The lowest BCUT2D eigenvalue weighted by molar-refractivity contribution is -0.127. The lowest BCUT2D eigenvalue weighted by Crippen LogP contribution is -2.44. The molecular formula is C17H22ClN3O6S. The van der Waals surface area contributed by atoms with Crippen LogP contribution >= 0.6 is 11.6 Å². The van der Waals surface area contributed by atoms with Crippen LogP contribution in [0, 0.1) is 0 Å². The number of sulfonamides is 1. The number of imide groups is 1. The number of ether oxygens (including phenoxy) is 1. The number of nitrogens with one attached hydrogen (secondary N) is 2. The number of carbonyl (C=O) groups excluding carboxylic acids is 3. The van der Waals surface area contributed by atoms with Crippen LogP contribution in [-0.2, 0) is 19.6 Å². The third-order valence-corrected chi connectivity index (χ3v) is 6.46. The first kappa shape index (κ1) is 22.1. The Labute approximate surface area is 168 Å². The summed E-state index contributed by atoms with van der Waals surface area (Å²) in [6, 6.07) is 3.02. The lowest BCUT2D eigenvalue weighted by atomic mass is 10.2. The van der Waals surface area contributed by atoms with E-state index in [-0.39, 0.29) is 15.5 Å². The first-order valence-corrected chi connectivity index (χ1v) is 10.6. The second-order valence-corrected chi connectivity index (χ2v) is 8.47. The van der Waals surface area contributed by atoms with Crippen molar-refractivity contribution in [3.8, 4) is 0 Å². The van der Waals surface area contributed by atoms with Crippen molar-refractivity contribution in [2.24, 2.45) is 0 Å². The van der Waals surface area contributed by atoms with E-state index in [9.17, 15) is 22.8 Å². The first-order valence-electron chi connectivity index (χ1n) is 8.76. The molecule has 0 spiro atoms. The van der Waals surface area contributed by atoms with Crippen molar-refractivity contribution in [2.75, 3.05) is 19.6 Å². The third-order valence-electron chi connectivity index (χ3n) is 4.08. The zero-order valence-electron chi connectivity index (χ0n) is 15.5. The summed E-state index contributed by atoms with van der Waals surface area (Å²) in [6.45, 7) is 4.09. The second-order valence-electron chi connectivity index (χ2n) is 6.15. The summed E-state index contributed by atoms with van der Waals surface area (Å²) >= 11 is 6.04. The summed E-state index contributed by atoms with van der Waals surface area (Å²) in [5, 5.41) is 4.40. The topological polar surface area (TPSA) is 122 Å². The zero-order chi connectivity index (χ0) is 20.9. The number of halogens is 1. The Kier molecular flexibility index (Phi) is 7.39. The summed E-state index contributed by atoms with van der Waals surface area (Å²) in [4.78, 5) is 35.4. The van der Waals surface area contributed by atoms with Crippen LogP contribution in [0.15, 0.2) is 23.1 Å². The van der Waals surface area contributed by atoms with E-state index in [1.807, 2.05) is 5.32 Å². The molecule has 1 aliphatic rings. The molecule has 1 aromatic rings. The fourth-order valence-electron chi connectivity index (χ4n) is 2.60. The molecule has 0 saturated carbocycles. The Balaban J connectivity index is 2.14. The summed E-state index contributed by atoms with van der Waals surface area (Å²) in [5.74, 6) is -1.72. The molecule has 0 radical (unpaired) electrons. The molecule has 1 saturated heterocycles. The summed E-state index contributed by atoms with van der Waals surface area (Å²) in [7, 11) is -3.83. The molecule has 1 atom stereocenters. The maximum atomic E-state index is 12.7. The van der Waals surface area contributed by atoms with Crippen molar-refractivity contribution in [2.45, 2.75) is 37.7 Å². The van der Waals surface area contributed by atoms with E-state index in [0.717, 1.165) is 18.9 Å². The predicted octanol–water partition coefficient (Wildman–Crippen LogP) is 1.52. The highest BCUT2D eigenvalue weighted by Crippen LogP contribution is 2.28. The number of esters is 1. The molecule has 9 nitrogen and oxygen atoms in total. The maximum Gasteiger partial charge on any atom is 0.338 e. The van der Waals surface area contributed by atoms with Gasteiger partial charge in [-0.25, -0.2) is 18.0 Å². The van der Waals surface area contributed by atoms with Gasteiger partial charge in [0.2, 0.25) is 10.0 Å². The summed E-state index contributed by atoms with van der Waals surface area (Å²) in [6.07, 6.45) is 0.262. The van der Waals surface area contributed by atoms with Crippen molar-refractivity contribution in [1.82, 2.24) is 14.9 Å². The van der Waals surface area contributed by atoms with Crippen molar-refractivity contribution >= 4 is 39.5 Å². The van der Waals surface area contributed by atoms with Gasteiger partial charge in [-0.1, -0.05) is 11.6 Å². The quantitative estimate of drug-likeness (QED) is 0.658. The van der Waals surface area contributed by atoms with Crippen molar-refractivity contribution < 1.29 is 27.5 Å². The van der Waals surface area contributed by atoms with Crippen molar-refractivity contribution in [3.63, 3.8) is 0 Å². The smallest absolute Gasteiger partial charge is 0.338 e. The molecule has 1 fully saturated rings. The van der Waals surface area contributed by atoms with Crippen LogP contribution in [-0.4, -0.2) is 56.4 Å². The predicted molar refractivity (Wildman–Crippen MR) is 102 cm³/mol. The average Bonchev–Trinajstić information content (AvgIpc) is 3.17. The van der Waals surface area contributed by atoms with Gasteiger partial charge in [-0.2, -0.15) is 4.31 Å². The van der Waals surface area contributed by atoms with E-state index in [1.54, 1.807) is 6.92 Å². The Morgan fingerprint density at radius 2 is 1.89 bits per heavy atom. The van der Waals surface area contributed by atoms with Crippen molar-refractivity contribution in [1.29, 1.82) is 0 Å². The van der Waals surface area contributed by atoms with Gasteiger partial charge < -0.3 is 10.1 Å². The number of nitrogens with zero attached hydrogens (tertiary/aromatic N) is 1. The van der Waals surface area contributed by atoms with E-state index in [2.05, 4.69) is 5.32 Å². The summed E-state index contributed by atoms with van der Waals surface area (Å²) in [5.41, 5.74) is -0.0696. The van der Waals surface area contributed by atoms with Crippen LogP contribution in [0.4, 0.5) is 4.79 Å². The SMILES string of the molecule is CCNC(=O)NC(=O)[C@@H](C)OC(=O)c1ccc(Cl)c(S(=O)(=O)N2CCCC2)c1. The minimum absolute atomic E-state index is 0.00882. The molecule has 1 heterocycles. The molecule has 0 unspecified atom stereocenters. The minimum atomic E-state index is -3.83. The van der Waals surface area contributed by atoms with Gasteiger partial charge in [-0.15, -0.1) is 0 Å². The minimum Gasteiger partial charge on any atom is -0.449 e. The zero-order valence-corrected chi connectivity index (χ0v) is 17.1. The fourth-order valence-corrected chi connectivity index (χ4v) is 4.61. The van der Waals surface area contributed by atoms with Gasteiger partial charge in [-0.05, 0) is 44.9 Å². The van der Waals surface area contributed by atoms with Crippen LogP contribution in [0.1, 0.15) is 37.0 Å². The molecule has 2 N–H and O–H groups in total. The van der Waals surface area contributed by atoms with Gasteiger partial charge in [0, 0.05) is 19.6 Å². The van der Waals surface area contributed by atoms with Crippen LogP contribution < -0.4 is 10.6 Å². The highest BCUT2D eigenvalue weighted by molar-refractivity contribution is 7.89. The molecule has 3 amide bonds. The standard InChI is InChI=1S/C17H22ClN3O6S/c1-3-19-17(24)20-15(22)11(2)27-16(23)12-6-7-13(18)14(10-12)28(25,26)21-8-4-5-9-21/h6-7,10-11H,3-5,8-9H2,1-2H3,(H2,19,20,22,24)/t11-/m1/s1. The monoisotopic (exact) mass is 431 g/mol. The fraction of sp³-hybridized carbons (Fsp3) is 0.471. The number of benzene rings is 1. The largest absolute Gasteiger partial charge is 0.449 e. The van der Waals surface area contributed by atoms with E-state index in [4.69, 9.17) is 16.3 Å². The Morgan fingerprint density at radius 1 is 1.25 bits per heavy atom. The van der Waals surface area contributed by atoms with E-state index in [0.29, 0.717) is 19.6 Å². The molecule has 28 heavy (non-hydrogen) atoms. The first-order chi connectivity index (χ1) is 13.2. The van der Waals surface area contributed by atoms with Gasteiger partial charge in [0.25, 0.3) is 5.91 Å². The maximum absolute atomic E-state index is 12.7. The highest BCUT2D eigenvalue weighted by Gasteiger charge is 2.30. The second kappa shape index (κ2) is 9.35. The number of amides is 3. The van der Waals surface area contributed by atoms with Crippen LogP contribution in [0.2, 0.25) is 5.02 Å². The normalized spacial score (nSPS) is 15.7. The average molecular weight is 432 g/mol. The number of carbonyl (C=O) groups is 3. The number of hydrogen-bond acceptors (Lipinski definition) is 6. The Bertz CT molecular complexity index is 868. The Morgan fingerprint density at radius 3 is 2.50 bits per heavy atom. The number of rotatable bonds is 6. The summed E-state index contributed by atoms with van der Waals surface area (Å²) < 4.78 is 31.8. The van der Waals surface area contributed by atoms with Gasteiger partial charge in [-0.3, -0.25) is 10.1 Å². The lowest BCUT2D eigenvalue weighted by Gasteiger charge is -2.17. The van der Waals surface area contributed by atoms with E-state index in [1.165, 1.54) is 23.4 Å². The van der Waals surface area contributed by atoms with Crippen LogP contribution in [0.3, 0.4) is 0 Å². The highest BCUT2D eigenvalue weighted by atomic mass is 35.5.